The molecule has 0 radical (unpaired) electrons. The summed E-state index contributed by atoms with van der Waals surface area (Å²) >= 11 is 0. The van der Waals surface area contributed by atoms with E-state index in [-0.39, 0.29) is 24.1 Å². The van der Waals surface area contributed by atoms with E-state index in [1.54, 1.807) is 6.07 Å². The minimum absolute atomic E-state index is 0.0402. The maximum atomic E-state index is 12.4. The number of hydrogen-bond acceptors (Lipinski definition) is 4. The molecular weight excluding hydrogens is 266 g/mol. The Morgan fingerprint density at radius 1 is 1.53 bits per heavy atom. The molecule has 6 nitrogen and oxygen atoms in total. The maximum absolute atomic E-state index is 12.4. The summed E-state index contributed by atoms with van der Waals surface area (Å²) < 4.78 is 26.0. The first kappa shape index (κ1) is 13.8. The average molecular weight is 283 g/mol. The third-order valence-electron chi connectivity index (χ3n) is 3.16. The molecule has 0 spiro atoms. The lowest BCUT2D eigenvalue weighted by atomic mass is 10.2. The fourth-order valence-corrected chi connectivity index (χ4v) is 3.83. The van der Waals surface area contributed by atoms with E-state index in [4.69, 9.17) is 0 Å². The predicted octanol–water partition coefficient (Wildman–Crippen LogP) is 1.22. The summed E-state index contributed by atoms with van der Waals surface area (Å²) in [6.07, 6.45) is 3.75. The van der Waals surface area contributed by atoms with E-state index in [9.17, 15) is 13.2 Å². The molecule has 2 heterocycles. The van der Waals surface area contributed by atoms with Crippen LogP contribution in [0.1, 0.15) is 20.3 Å². The molecule has 1 aromatic rings. The van der Waals surface area contributed by atoms with Gasteiger partial charge >= 0.3 is 0 Å². The number of hydrogen-bond donors (Lipinski definition) is 1. The predicted molar refractivity (Wildman–Crippen MR) is 73.5 cm³/mol. The van der Waals surface area contributed by atoms with Crippen molar-refractivity contribution in [2.24, 2.45) is 5.92 Å². The monoisotopic (exact) mass is 283 g/mol. The number of pyridine rings is 1. The third kappa shape index (κ3) is 2.86. The first-order chi connectivity index (χ1) is 8.94. The van der Waals surface area contributed by atoms with Gasteiger partial charge < -0.3 is 5.32 Å². The van der Waals surface area contributed by atoms with Crippen LogP contribution >= 0.6 is 0 Å². The van der Waals surface area contributed by atoms with Crippen LogP contribution in [-0.2, 0) is 14.8 Å². The average Bonchev–Trinajstić information content (AvgIpc) is 2.37. The van der Waals surface area contributed by atoms with Gasteiger partial charge in [-0.2, -0.15) is 0 Å². The fraction of sp³-hybridized carbons (Fsp3) is 0.500. The lowest BCUT2D eigenvalue weighted by Gasteiger charge is -2.30. The van der Waals surface area contributed by atoms with Crippen LogP contribution in [0.4, 0.5) is 11.4 Å². The van der Waals surface area contributed by atoms with Gasteiger partial charge in [0.05, 0.1) is 23.3 Å². The second-order valence-electron chi connectivity index (χ2n) is 4.74. The Morgan fingerprint density at radius 3 is 2.95 bits per heavy atom. The Labute approximate surface area is 112 Å². The van der Waals surface area contributed by atoms with Crippen molar-refractivity contribution < 1.29 is 13.2 Å². The van der Waals surface area contributed by atoms with E-state index in [2.05, 4.69) is 10.3 Å². The minimum atomic E-state index is -3.50. The number of amides is 1. The summed E-state index contributed by atoms with van der Waals surface area (Å²) in [5.74, 6) is -0.244. The molecule has 1 amide bonds. The van der Waals surface area contributed by atoms with Gasteiger partial charge in [-0.05, 0) is 12.0 Å². The van der Waals surface area contributed by atoms with Gasteiger partial charge in [-0.15, -0.1) is 0 Å². The lowest BCUT2D eigenvalue weighted by molar-refractivity contribution is -0.115. The van der Waals surface area contributed by atoms with Crippen molar-refractivity contribution in [3.8, 4) is 0 Å². The SMILES string of the molecule is CCC(C)CS(=O)(=O)N1CC(=O)Nc2cnccc21. The van der Waals surface area contributed by atoms with Gasteiger partial charge in [0, 0.05) is 6.20 Å². The van der Waals surface area contributed by atoms with Crippen LogP contribution in [-0.4, -0.2) is 31.6 Å². The standard InChI is InChI=1S/C12H17N3O3S/c1-3-9(2)8-19(17,18)15-7-12(16)14-10-6-13-5-4-11(10)15/h4-6,9H,3,7-8H2,1-2H3,(H,14,16). The molecule has 1 aromatic heterocycles. The van der Waals surface area contributed by atoms with Crippen LogP contribution in [0.2, 0.25) is 0 Å². The van der Waals surface area contributed by atoms with E-state index in [1.807, 2.05) is 13.8 Å². The largest absolute Gasteiger partial charge is 0.321 e. The van der Waals surface area contributed by atoms with Crippen LogP contribution in [0.3, 0.4) is 0 Å². The Hall–Kier alpha value is -1.63. The molecule has 19 heavy (non-hydrogen) atoms. The first-order valence-corrected chi connectivity index (χ1v) is 7.79. The zero-order chi connectivity index (χ0) is 14.0. The van der Waals surface area contributed by atoms with Gasteiger partial charge in [0.1, 0.15) is 6.54 Å². The molecule has 0 saturated carbocycles. The maximum Gasteiger partial charge on any atom is 0.245 e. The van der Waals surface area contributed by atoms with Gasteiger partial charge in [-0.25, -0.2) is 8.42 Å². The highest BCUT2D eigenvalue weighted by Crippen LogP contribution is 2.30. The van der Waals surface area contributed by atoms with Crippen molar-refractivity contribution in [3.63, 3.8) is 0 Å². The van der Waals surface area contributed by atoms with Crippen LogP contribution in [0, 0.1) is 5.92 Å². The van der Waals surface area contributed by atoms with Crippen molar-refractivity contribution in [1.82, 2.24) is 4.98 Å². The molecule has 0 aromatic carbocycles. The van der Waals surface area contributed by atoms with Gasteiger partial charge in [0.15, 0.2) is 0 Å². The first-order valence-electron chi connectivity index (χ1n) is 6.18. The molecule has 2 rings (SSSR count). The number of carbonyl (C=O) groups excluding carboxylic acids is 1. The Morgan fingerprint density at radius 2 is 2.26 bits per heavy atom. The number of carbonyl (C=O) groups is 1. The molecular formula is C12H17N3O3S. The van der Waals surface area contributed by atoms with E-state index in [1.165, 1.54) is 16.7 Å². The van der Waals surface area contributed by atoms with E-state index >= 15 is 0 Å². The molecule has 1 atom stereocenters. The van der Waals surface area contributed by atoms with E-state index in [0.29, 0.717) is 11.4 Å². The van der Waals surface area contributed by atoms with Gasteiger partial charge in [0.2, 0.25) is 15.9 Å². The van der Waals surface area contributed by atoms with Gasteiger partial charge in [-0.3, -0.25) is 14.1 Å². The highest BCUT2D eigenvalue weighted by Gasteiger charge is 2.31. The summed E-state index contributed by atoms with van der Waals surface area (Å²) in [5.41, 5.74) is 0.921. The van der Waals surface area contributed by atoms with Crippen molar-refractivity contribution in [2.75, 3.05) is 21.9 Å². The number of rotatable bonds is 4. The molecule has 0 aliphatic carbocycles. The molecule has 0 fully saturated rings. The van der Waals surface area contributed by atoms with Crippen LogP contribution in [0.5, 0.6) is 0 Å². The number of anilines is 2. The normalized spacial score (nSPS) is 16.7. The van der Waals surface area contributed by atoms with Crippen LogP contribution in [0.15, 0.2) is 18.5 Å². The van der Waals surface area contributed by atoms with E-state index in [0.717, 1.165) is 6.42 Å². The summed E-state index contributed by atoms with van der Waals surface area (Å²) in [6, 6.07) is 1.60. The molecule has 1 unspecified atom stereocenters. The van der Waals surface area contributed by atoms with Crippen molar-refractivity contribution >= 4 is 27.3 Å². The van der Waals surface area contributed by atoms with Crippen molar-refractivity contribution in [2.45, 2.75) is 20.3 Å². The fourth-order valence-electron chi connectivity index (χ4n) is 1.92. The molecule has 1 N–H and O–H groups in total. The van der Waals surface area contributed by atoms with Gasteiger partial charge in [-0.1, -0.05) is 20.3 Å². The summed E-state index contributed by atoms with van der Waals surface area (Å²) in [7, 11) is -3.50. The van der Waals surface area contributed by atoms with Crippen molar-refractivity contribution in [3.05, 3.63) is 18.5 Å². The minimum Gasteiger partial charge on any atom is -0.321 e. The quantitative estimate of drug-likeness (QED) is 0.901. The molecule has 1 aliphatic rings. The number of fused-ring (bicyclic) bond motifs is 1. The highest BCUT2D eigenvalue weighted by atomic mass is 32.2. The van der Waals surface area contributed by atoms with Crippen molar-refractivity contribution in [1.29, 1.82) is 0 Å². The zero-order valence-corrected chi connectivity index (χ0v) is 11.8. The summed E-state index contributed by atoms with van der Waals surface area (Å²) in [4.78, 5) is 15.5. The second-order valence-corrected chi connectivity index (χ2v) is 6.68. The highest BCUT2D eigenvalue weighted by molar-refractivity contribution is 7.92. The molecule has 104 valence electrons. The topological polar surface area (TPSA) is 79.4 Å². The summed E-state index contributed by atoms with van der Waals surface area (Å²) in [5, 5.41) is 2.62. The molecule has 0 saturated heterocycles. The number of nitrogens with one attached hydrogen (secondary N) is 1. The Kier molecular flexibility index (Phi) is 3.75. The van der Waals surface area contributed by atoms with Gasteiger partial charge in [0.25, 0.3) is 0 Å². The summed E-state index contributed by atoms with van der Waals surface area (Å²) in [6.45, 7) is 3.66. The lowest BCUT2D eigenvalue weighted by Crippen LogP contribution is -2.44. The molecule has 1 aliphatic heterocycles. The van der Waals surface area contributed by atoms with E-state index < -0.39 is 10.0 Å². The molecule has 7 heteroatoms. The molecule has 0 bridgehead atoms. The Balaban J connectivity index is 2.37. The third-order valence-corrected chi connectivity index (χ3v) is 5.14. The smallest absolute Gasteiger partial charge is 0.245 e. The number of aromatic nitrogens is 1. The van der Waals surface area contributed by atoms with Crippen LogP contribution < -0.4 is 9.62 Å². The second kappa shape index (κ2) is 5.16. The number of nitrogens with zero attached hydrogens (tertiary/aromatic N) is 2. The zero-order valence-electron chi connectivity index (χ0n) is 11.0. The van der Waals surface area contributed by atoms with Crippen LogP contribution in [0.25, 0.3) is 0 Å². The number of sulfonamides is 1. The Bertz CT molecular complexity index is 586.